The van der Waals surface area contributed by atoms with Crippen LogP contribution in [0.25, 0.3) is 21.9 Å². The summed E-state index contributed by atoms with van der Waals surface area (Å²) in [6.07, 6.45) is 2.83. The summed E-state index contributed by atoms with van der Waals surface area (Å²) in [6, 6.07) is 19.1. The third-order valence-corrected chi connectivity index (χ3v) is 3.30. The Morgan fingerprint density at radius 3 is 2.42 bits per heavy atom. The van der Waals surface area contributed by atoms with Crippen LogP contribution in [0.3, 0.4) is 0 Å². The largest absolute Gasteiger partial charge is 0.344 e. The van der Waals surface area contributed by atoms with Gasteiger partial charge >= 0.3 is 0 Å². The Morgan fingerprint density at radius 1 is 0.842 bits per heavy atom. The molecule has 3 aromatic rings. The highest BCUT2D eigenvalue weighted by Gasteiger charge is 2.07. The van der Waals surface area contributed by atoms with Gasteiger partial charge in [0.15, 0.2) is 0 Å². The molecule has 0 aliphatic rings. The molecule has 2 heteroatoms. The number of fused-ring (bicyclic) bond motifs is 1. The predicted molar refractivity (Wildman–Crippen MR) is 81.6 cm³/mol. The van der Waals surface area contributed by atoms with Crippen molar-refractivity contribution in [3.63, 3.8) is 0 Å². The molecule has 3 rings (SSSR count). The van der Waals surface area contributed by atoms with Crippen molar-refractivity contribution in [3.05, 3.63) is 66.5 Å². The van der Waals surface area contributed by atoms with Crippen molar-refractivity contribution >= 4 is 10.8 Å². The van der Waals surface area contributed by atoms with Crippen LogP contribution in [-0.4, -0.2) is 4.98 Å². The maximum Gasteiger partial charge on any atom is 0.0479 e. The van der Waals surface area contributed by atoms with Crippen LogP contribution in [0.2, 0.25) is 0 Å². The number of nitrogens with zero attached hydrogens (tertiary/aromatic N) is 1. The Bertz CT molecular complexity index is 684. The van der Waals surface area contributed by atoms with Gasteiger partial charge in [-0.25, -0.2) is 0 Å². The molecule has 0 aliphatic carbocycles. The van der Waals surface area contributed by atoms with E-state index in [1.807, 2.05) is 12.3 Å². The van der Waals surface area contributed by atoms with Crippen LogP contribution in [0.5, 0.6) is 0 Å². The van der Waals surface area contributed by atoms with Crippen LogP contribution in [-0.2, 0) is 6.42 Å². The molecule has 0 fully saturated rings. The fourth-order valence-corrected chi connectivity index (χ4v) is 2.43. The molecule has 0 aliphatic heterocycles. The summed E-state index contributed by atoms with van der Waals surface area (Å²) in [5.41, 5.74) is 3.68. The number of pyridine rings is 1. The van der Waals surface area contributed by atoms with E-state index in [1.165, 1.54) is 21.9 Å². The molecular weight excluding hydrogens is 232 g/mol. The number of rotatable bonds is 2. The van der Waals surface area contributed by atoms with Crippen LogP contribution in [0, 0.1) is 0 Å². The fourth-order valence-electron chi connectivity index (χ4n) is 2.43. The standard InChI is InChI=1S/C17H15N.H3N/c1-2-17-16(11-6-12-18-17)15-10-5-8-13-7-3-4-9-14(13)15;/h3-12H,2H2,1H3;1H3. The van der Waals surface area contributed by atoms with Crippen molar-refractivity contribution in [1.82, 2.24) is 11.1 Å². The first-order chi connectivity index (χ1) is 8.90. The summed E-state index contributed by atoms with van der Waals surface area (Å²) in [6.45, 7) is 2.15. The number of hydrogen-bond donors (Lipinski definition) is 1. The van der Waals surface area contributed by atoms with Crippen LogP contribution >= 0.6 is 0 Å². The normalized spacial score (nSPS) is 10.2. The molecule has 19 heavy (non-hydrogen) atoms. The van der Waals surface area contributed by atoms with Crippen molar-refractivity contribution < 1.29 is 0 Å². The lowest BCUT2D eigenvalue weighted by atomic mass is 9.96. The zero-order valence-corrected chi connectivity index (χ0v) is 11.1. The summed E-state index contributed by atoms with van der Waals surface area (Å²) in [4.78, 5) is 4.48. The van der Waals surface area contributed by atoms with E-state index >= 15 is 0 Å². The Labute approximate surface area is 113 Å². The fraction of sp³-hybridized carbons (Fsp3) is 0.118. The summed E-state index contributed by atoms with van der Waals surface area (Å²) < 4.78 is 0. The molecule has 0 saturated carbocycles. The van der Waals surface area contributed by atoms with Crippen molar-refractivity contribution in [2.24, 2.45) is 0 Å². The molecule has 0 bridgehead atoms. The Hall–Kier alpha value is -2.19. The summed E-state index contributed by atoms with van der Waals surface area (Å²) in [7, 11) is 0. The van der Waals surface area contributed by atoms with Gasteiger partial charge in [0, 0.05) is 17.5 Å². The summed E-state index contributed by atoms with van der Waals surface area (Å²) in [5.74, 6) is 0. The summed E-state index contributed by atoms with van der Waals surface area (Å²) >= 11 is 0. The molecule has 1 aromatic heterocycles. The minimum Gasteiger partial charge on any atom is -0.344 e. The van der Waals surface area contributed by atoms with E-state index in [4.69, 9.17) is 0 Å². The van der Waals surface area contributed by atoms with Gasteiger partial charge in [0.2, 0.25) is 0 Å². The highest BCUT2D eigenvalue weighted by molar-refractivity contribution is 5.97. The Balaban J connectivity index is 0.00000133. The topological polar surface area (TPSA) is 47.9 Å². The lowest BCUT2D eigenvalue weighted by molar-refractivity contribution is 1.04. The van der Waals surface area contributed by atoms with E-state index < -0.39 is 0 Å². The first kappa shape index (κ1) is 13.2. The average Bonchev–Trinajstić information content (AvgIpc) is 2.46. The van der Waals surface area contributed by atoms with E-state index in [2.05, 4.69) is 60.4 Å². The average molecular weight is 250 g/mol. The molecule has 0 spiro atoms. The van der Waals surface area contributed by atoms with E-state index in [1.54, 1.807) is 0 Å². The molecule has 96 valence electrons. The van der Waals surface area contributed by atoms with Gasteiger partial charge in [0.25, 0.3) is 0 Å². The minimum absolute atomic E-state index is 0. The van der Waals surface area contributed by atoms with Gasteiger partial charge in [-0.2, -0.15) is 0 Å². The van der Waals surface area contributed by atoms with E-state index in [9.17, 15) is 0 Å². The molecule has 2 nitrogen and oxygen atoms in total. The zero-order valence-electron chi connectivity index (χ0n) is 11.1. The number of aromatic nitrogens is 1. The van der Waals surface area contributed by atoms with Crippen LogP contribution in [0.15, 0.2) is 60.8 Å². The third-order valence-electron chi connectivity index (χ3n) is 3.30. The second kappa shape index (κ2) is 5.63. The van der Waals surface area contributed by atoms with Crippen LogP contribution in [0.1, 0.15) is 12.6 Å². The van der Waals surface area contributed by atoms with E-state index in [0.717, 1.165) is 12.1 Å². The number of aryl methyl sites for hydroxylation is 1. The van der Waals surface area contributed by atoms with Crippen molar-refractivity contribution in [2.45, 2.75) is 13.3 Å². The van der Waals surface area contributed by atoms with Crippen LogP contribution < -0.4 is 6.15 Å². The quantitative estimate of drug-likeness (QED) is 0.721. The zero-order chi connectivity index (χ0) is 12.4. The highest BCUT2D eigenvalue weighted by atomic mass is 14.7. The molecule has 0 atom stereocenters. The van der Waals surface area contributed by atoms with Gasteiger partial charge in [-0.3, -0.25) is 4.98 Å². The van der Waals surface area contributed by atoms with Crippen molar-refractivity contribution in [2.75, 3.05) is 0 Å². The smallest absolute Gasteiger partial charge is 0.0479 e. The minimum atomic E-state index is 0. The van der Waals surface area contributed by atoms with Gasteiger partial charge in [0.05, 0.1) is 0 Å². The van der Waals surface area contributed by atoms with E-state index in [-0.39, 0.29) is 6.15 Å². The molecule has 0 amide bonds. The highest BCUT2D eigenvalue weighted by Crippen LogP contribution is 2.30. The van der Waals surface area contributed by atoms with Crippen LogP contribution in [0.4, 0.5) is 0 Å². The molecule has 1 heterocycles. The SMILES string of the molecule is CCc1ncccc1-c1cccc2ccccc12.N. The maximum absolute atomic E-state index is 4.48. The number of hydrogen-bond acceptors (Lipinski definition) is 2. The molecule has 0 saturated heterocycles. The summed E-state index contributed by atoms with van der Waals surface area (Å²) in [5, 5.41) is 2.57. The van der Waals surface area contributed by atoms with Gasteiger partial charge in [-0.15, -0.1) is 0 Å². The van der Waals surface area contributed by atoms with Crippen molar-refractivity contribution in [3.8, 4) is 11.1 Å². The second-order valence-electron chi connectivity index (χ2n) is 4.38. The first-order valence-corrected chi connectivity index (χ1v) is 6.32. The Morgan fingerprint density at radius 2 is 1.58 bits per heavy atom. The molecule has 3 N–H and O–H groups in total. The van der Waals surface area contributed by atoms with Crippen molar-refractivity contribution in [1.29, 1.82) is 0 Å². The van der Waals surface area contributed by atoms with Gasteiger partial charge in [-0.1, -0.05) is 55.5 Å². The third kappa shape index (κ3) is 2.35. The predicted octanol–water partition coefficient (Wildman–Crippen LogP) is 4.63. The lowest BCUT2D eigenvalue weighted by Gasteiger charge is -2.10. The number of benzene rings is 2. The Kier molecular flexibility index (Phi) is 3.93. The van der Waals surface area contributed by atoms with E-state index in [0.29, 0.717) is 0 Å². The molecular formula is C17H18N2. The second-order valence-corrected chi connectivity index (χ2v) is 4.38. The first-order valence-electron chi connectivity index (χ1n) is 6.32. The van der Waals surface area contributed by atoms with Gasteiger partial charge in [-0.05, 0) is 28.8 Å². The lowest BCUT2D eigenvalue weighted by Crippen LogP contribution is -1.91. The monoisotopic (exact) mass is 250 g/mol. The molecule has 2 aromatic carbocycles. The maximum atomic E-state index is 4.48. The van der Waals surface area contributed by atoms with Gasteiger partial charge in [0.1, 0.15) is 0 Å². The molecule has 0 unspecified atom stereocenters. The van der Waals surface area contributed by atoms with Gasteiger partial charge < -0.3 is 6.15 Å². The molecule has 0 radical (unpaired) electrons.